The zero-order valence-corrected chi connectivity index (χ0v) is 18.0. The number of fused-ring (bicyclic) bond motifs is 1. The molecule has 0 unspecified atom stereocenters. The summed E-state index contributed by atoms with van der Waals surface area (Å²) in [6.45, 7) is 0.355. The van der Waals surface area contributed by atoms with Gasteiger partial charge in [0.2, 0.25) is 18.2 Å². The van der Waals surface area contributed by atoms with Gasteiger partial charge in [-0.15, -0.1) is 0 Å². The molecule has 1 aliphatic heterocycles. The fourth-order valence-electron chi connectivity index (χ4n) is 4.69. The van der Waals surface area contributed by atoms with E-state index in [4.69, 9.17) is 0 Å². The van der Waals surface area contributed by atoms with Crippen LogP contribution in [0.15, 0.2) is 12.7 Å². The molecule has 3 heterocycles. The quantitative estimate of drug-likeness (QED) is 0.302. The van der Waals surface area contributed by atoms with Gasteiger partial charge in [0.25, 0.3) is 0 Å². The van der Waals surface area contributed by atoms with Gasteiger partial charge in [-0.2, -0.15) is 0 Å². The molecule has 2 aliphatic rings. The molecule has 1 aliphatic carbocycles. The number of hydrogen-bond donors (Lipinski definition) is 3. The van der Waals surface area contributed by atoms with Crippen LogP contribution < -0.4 is 10.7 Å². The summed E-state index contributed by atoms with van der Waals surface area (Å²) in [6.07, 6.45) is 8.51. The third-order valence-electron chi connectivity index (χ3n) is 6.27. The van der Waals surface area contributed by atoms with E-state index >= 15 is 0 Å². The van der Waals surface area contributed by atoms with Crippen LogP contribution in [0, 0.1) is 11.8 Å². The topological polar surface area (TPSA) is 146 Å². The number of carbonyl (C=O) groups excluding carboxylic acids is 3. The Hall–Kier alpha value is -3.12. The number of rotatable bonds is 8. The molecule has 0 bridgehead atoms. The summed E-state index contributed by atoms with van der Waals surface area (Å²) in [5.74, 6) is -0.580. The lowest BCUT2D eigenvalue weighted by molar-refractivity contribution is -0.159. The Labute approximate surface area is 184 Å². The van der Waals surface area contributed by atoms with Gasteiger partial charge in [-0.25, -0.2) is 25.4 Å². The van der Waals surface area contributed by atoms with E-state index in [1.807, 2.05) is 0 Å². The summed E-state index contributed by atoms with van der Waals surface area (Å²) >= 11 is 0. The van der Waals surface area contributed by atoms with Gasteiger partial charge >= 0.3 is 0 Å². The molecule has 2 atom stereocenters. The lowest BCUT2D eigenvalue weighted by atomic mass is 9.92. The molecule has 1 saturated heterocycles. The molecule has 2 fully saturated rings. The van der Waals surface area contributed by atoms with E-state index in [1.54, 1.807) is 17.9 Å². The highest BCUT2D eigenvalue weighted by Crippen LogP contribution is 2.32. The summed E-state index contributed by atoms with van der Waals surface area (Å²) in [6, 6.07) is -0.741. The normalized spacial score (nSPS) is 19.9. The van der Waals surface area contributed by atoms with Gasteiger partial charge < -0.3 is 9.88 Å². The maximum atomic E-state index is 13.4. The smallest absolute Gasteiger partial charge is 0.250 e. The third-order valence-corrected chi connectivity index (χ3v) is 6.27. The van der Waals surface area contributed by atoms with Gasteiger partial charge in [-0.1, -0.05) is 25.7 Å². The summed E-state index contributed by atoms with van der Waals surface area (Å²) in [5, 5.41) is 14.4. The minimum absolute atomic E-state index is 0.104. The molecule has 12 heteroatoms. The molecule has 172 valence electrons. The molecule has 1 saturated carbocycles. The Bertz CT molecular complexity index is 989. The standard InChI is InChI=1S/C20H28N8O4/c1-26-11-23-17-16(26)18(22-10-21-17)25-19(30)15-6-7-24-28(15)20(31)14(9-27(32)12-29)8-13-4-2-3-5-13/h10-15,24,32H,2-9H2,1H3,(H,21,22,25,30)/t14-,15+/m1/s1. The molecule has 2 aromatic heterocycles. The number of aromatic nitrogens is 4. The molecule has 32 heavy (non-hydrogen) atoms. The van der Waals surface area contributed by atoms with E-state index in [1.165, 1.54) is 11.3 Å². The number of hydrogen-bond acceptors (Lipinski definition) is 8. The second-order valence-electron chi connectivity index (χ2n) is 8.47. The van der Waals surface area contributed by atoms with Crippen LogP contribution in [-0.2, 0) is 21.4 Å². The summed E-state index contributed by atoms with van der Waals surface area (Å²) in [5.41, 5.74) is 4.05. The zero-order chi connectivity index (χ0) is 22.7. The number of hydroxylamine groups is 2. The van der Waals surface area contributed by atoms with Crippen LogP contribution in [0.3, 0.4) is 0 Å². The van der Waals surface area contributed by atoms with Crippen LogP contribution in [0.5, 0.6) is 0 Å². The minimum Gasteiger partial charge on any atom is -0.329 e. The molecule has 3 N–H and O–H groups in total. The number of carbonyl (C=O) groups is 3. The first kappa shape index (κ1) is 22.1. The fourth-order valence-corrected chi connectivity index (χ4v) is 4.69. The van der Waals surface area contributed by atoms with Gasteiger partial charge in [0.05, 0.1) is 18.8 Å². The zero-order valence-electron chi connectivity index (χ0n) is 18.0. The number of hydrazine groups is 1. The van der Waals surface area contributed by atoms with Crippen molar-refractivity contribution in [1.29, 1.82) is 0 Å². The van der Waals surface area contributed by atoms with Crippen LogP contribution >= 0.6 is 0 Å². The predicted molar refractivity (Wildman–Crippen MR) is 113 cm³/mol. The number of imidazole rings is 1. The summed E-state index contributed by atoms with van der Waals surface area (Å²) in [4.78, 5) is 49.9. The number of amides is 3. The van der Waals surface area contributed by atoms with E-state index in [2.05, 4.69) is 25.7 Å². The monoisotopic (exact) mass is 444 g/mol. The van der Waals surface area contributed by atoms with Gasteiger partial charge in [0.1, 0.15) is 17.9 Å². The Morgan fingerprint density at radius 3 is 2.84 bits per heavy atom. The van der Waals surface area contributed by atoms with Crippen molar-refractivity contribution in [1.82, 2.24) is 35.0 Å². The number of anilines is 1. The molecular formula is C20H28N8O4. The van der Waals surface area contributed by atoms with Crippen molar-refractivity contribution in [2.45, 2.75) is 44.6 Å². The van der Waals surface area contributed by atoms with Gasteiger partial charge in [-0.3, -0.25) is 24.6 Å². The Morgan fingerprint density at radius 1 is 1.31 bits per heavy atom. The lowest BCUT2D eigenvalue weighted by Crippen LogP contribution is -2.51. The van der Waals surface area contributed by atoms with Gasteiger partial charge in [0.15, 0.2) is 11.5 Å². The van der Waals surface area contributed by atoms with Crippen LogP contribution in [0.4, 0.5) is 5.82 Å². The van der Waals surface area contributed by atoms with Crippen molar-refractivity contribution >= 4 is 35.2 Å². The molecule has 0 spiro atoms. The maximum Gasteiger partial charge on any atom is 0.250 e. The molecule has 0 aromatic carbocycles. The first-order chi connectivity index (χ1) is 15.5. The van der Waals surface area contributed by atoms with Crippen molar-refractivity contribution in [3.8, 4) is 0 Å². The largest absolute Gasteiger partial charge is 0.329 e. The van der Waals surface area contributed by atoms with Crippen LogP contribution in [0.25, 0.3) is 11.2 Å². The Kier molecular flexibility index (Phi) is 6.61. The summed E-state index contributed by atoms with van der Waals surface area (Å²) in [7, 11) is 1.78. The van der Waals surface area contributed by atoms with E-state index in [9.17, 15) is 19.6 Å². The highest BCUT2D eigenvalue weighted by atomic mass is 16.5. The number of nitrogens with zero attached hydrogens (tertiary/aromatic N) is 6. The van der Waals surface area contributed by atoms with Crippen LogP contribution in [-0.4, -0.2) is 72.2 Å². The number of nitrogens with one attached hydrogen (secondary N) is 2. The van der Waals surface area contributed by atoms with E-state index in [-0.39, 0.29) is 18.4 Å². The summed E-state index contributed by atoms with van der Waals surface area (Å²) < 4.78 is 1.72. The van der Waals surface area contributed by atoms with Gasteiger partial charge in [-0.05, 0) is 18.8 Å². The average Bonchev–Trinajstić information content (AvgIpc) is 3.54. The van der Waals surface area contributed by atoms with Gasteiger partial charge in [0, 0.05) is 13.6 Å². The molecule has 12 nitrogen and oxygen atoms in total. The maximum absolute atomic E-state index is 13.4. The minimum atomic E-state index is -0.741. The number of aryl methyl sites for hydroxylation is 1. The Morgan fingerprint density at radius 2 is 2.09 bits per heavy atom. The van der Waals surface area contributed by atoms with E-state index in [0.29, 0.717) is 53.8 Å². The van der Waals surface area contributed by atoms with Crippen molar-refractivity contribution in [2.24, 2.45) is 18.9 Å². The first-order valence-electron chi connectivity index (χ1n) is 10.9. The van der Waals surface area contributed by atoms with Crippen LogP contribution in [0.2, 0.25) is 0 Å². The van der Waals surface area contributed by atoms with Crippen molar-refractivity contribution in [2.75, 3.05) is 18.4 Å². The second-order valence-corrected chi connectivity index (χ2v) is 8.47. The van der Waals surface area contributed by atoms with Crippen molar-refractivity contribution in [3.05, 3.63) is 12.7 Å². The second kappa shape index (κ2) is 9.57. The first-order valence-corrected chi connectivity index (χ1v) is 10.9. The molecule has 3 amide bonds. The molecule has 0 radical (unpaired) electrons. The fraction of sp³-hybridized carbons (Fsp3) is 0.600. The van der Waals surface area contributed by atoms with E-state index in [0.717, 1.165) is 25.7 Å². The highest BCUT2D eigenvalue weighted by Gasteiger charge is 2.39. The highest BCUT2D eigenvalue weighted by molar-refractivity contribution is 6.01. The van der Waals surface area contributed by atoms with Crippen LogP contribution in [0.1, 0.15) is 38.5 Å². The third kappa shape index (κ3) is 4.55. The van der Waals surface area contributed by atoms with Crippen molar-refractivity contribution < 1.29 is 19.6 Å². The Balaban J connectivity index is 1.50. The molecule has 2 aromatic rings. The van der Waals surface area contributed by atoms with E-state index < -0.39 is 12.0 Å². The molecular weight excluding hydrogens is 416 g/mol. The van der Waals surface area contributed by atoms with Crippen molar-refractivity contribution in [3.63, 3.8) is 0 Å². The lowest BCUT2D eigenvalue weighted by Gasteiger charge is -2.29. The molecule has 4 rings (SSSR count). The average molecular weight is 444 g/mol. The predicted octanol–water partition coefficient (Wildman–Crippen LogP) is 0.451. The SMILES string of the molecule is Cn1cnc2ncnc(NC(=O)[C@@H]3CCNN3C(=O)[C@H](CC3CCCC3)CN(O)C=O)c21.